The van der Waals surface area contributed by atoms with E-state index in [4.69, 9.17) is 20.9 Å². The van der Waals surface area contributed by atoms with Crippen LogP contribution in [0.3, 0.4) is 0 Å². The van der Waals surface area contributed by atoms with Gasteiger partial charge in [-0.1, -0.05) is 23.7 Å². The molecule has 1 unspecified atom stereocenters. The molecule has 0 N–H and O–H groups in total. The molecule has 2 aromatic carbocycles. The Morgan fingerprint density at radius 3 is 2.83 bits per heavy atom. The molecule has 8 heteroatoms. The zero-order valence-corrected chi connectivity index (χ0v) is 16.5. The summed E-state index contributed by atoms with van der Waals surface area (Å²) in [5, 5.41) is 4.39. The number of anilines is 1. The summed E-state index contributed by atoms with van der Waals surface area (Å²) in [7, 11) is 0. The second kappa shape index (κ2) is 8.21. The maximum Gasteiger partial charge on any atom is 0.232 e. The van der Waals surface area contributed by atoms with Gasteiger partial charge < -0.3 is 14.2 Å². The van der Waals surface area contributed by atoms with E-state index in [0.29, 0.717) is 23.3 Å². The normalized spacial score (nSPS) is 16.4. The number of amides is 1. The Hall–Kier alpha value is -2.93. The Morgan fingerprint density at radius 2 is 2.07 bits per heavy atom. The predicted molar refractivity (Wildman–Crippen MR) is 107 cm³/mol. The smallest absolute Gasteiger partial charge is 0.232 e. The van der Waals surface area contributed by atoms with Crippen LogP contribution in [0, 0.1) is 5.82 Å². The van der Waals surface area contributed by atoms with Crippen LogP contribution >= 0.6 is 11.6 Å². The van der Waals surface area contributed by atoms with Gasteiger partial charge in [0.1, 0.15) is 11.6 Å². The number of ether oxygens (including phenoxy) is 1. The van der Waals surface area contributed by atoms with Gasteiger partial charge in [-0.25, -0.2) is 4.39 Å². The molecule has 1 aliphatic rings. The topological polar surface area (TPSA) is 68.5 Å². The largest absolute Gasteiger partial charge is 0.494 e. The van der Waals surface area contributed by atoms with E-state index in [2.05, 4.69) is 10.1 Å². The van der Waals surface area contributed by atoms with Crippen LogP contribution in [0.25, 0.3) is 11.4 Å². The summed E-state index contributed by atoms with van der Waals surface area (Å²) in [6.45, 7) is 2.96. The average molecular weight is 416 g/mol. The van der Waals surface area contributed by atoms with E-state index < -0.39 is 5.82 Å². The van der Waals surface area contributed by atoms with Crippen molar-refractivity contribution in [1.29, 1.82) is 0 Å². The quantitative estimate of drug-likeness (QED) is 0.576. The van der Waals surface area contributed by atoms with Gasteiger partial charge in [-0.15, -0.1) is 0 Å². The molecule has 1 amide bonds. The van der Waals surface area contributed by atoms with Gasteiger partial charge in [0.2, 0.25) is 17.6 Å². The molecule has 3 aromatic rings. The van der Waals surface area contributed by atoms with E-state index in [1.54, 1.807) is 0 Å². The highest BCUT2D eigenvalue weighted by atomic mass is 35.5. The average Bonchev–Trinajstić information content (AvgIpc) is 3.36. The highest BCUT2D eigenvalue weighted by molar-refractivity contribution is 6.31. The lowest BCUT2D eigenvalue weighted by atomic mass is 10.1. The van der Waals surface area contributed by atoms with Crippen molar-refractivity contribution in [2.24, 2.45) is 0 Å². The minimum absolute atomic E-state index is 0.160. The first kappa shape index (κ1) is 19.4. The fourth-order valence-corrected chi connectivity index (χ4v) is 3.40. The molecule has 150 valence electrons. The molecule has 6 nitrogen and oxygen atoms in total. The third-order valence-corrected chi connectivity index (χ3v) is 4.94. The van der Waals surface area contributed by atoms with Crippen LogP contribution in [0.15, 0.2) is 47.0 Å². The minimum atomic E-state index is -0.500. The number of aromatic nitrogens is 2. The number of hydrogen-bond acceptors (Lipinski definition) is 5. The Balaban J connectivity index is 1.50. The van der Waals surface area contributed by atoms with Crippen molar-refractivity contribution in [3.63, 3.8) is 0 Å². The van der Waals surface area contributed by atoms with Gasteiger partial charge in [-0.05, 0) is 48.9 Å². The van der Waals surface area contributed by atoms with Crippen molar-refractivity contribution in [1.82, 2.24) is 10.1 Å². The van der Waals surface area contributed by atoms with Crippen LogP contribution in [0.5, 0.6) is 5.75 Å². The maximum atomic E-state index is 14.1. The minimum Gasteiger partial charge on any atom is -0.494 e. The summed E-state index contributed by atoms with van der Waals surface area (Å²) in [5.41, 5.74) is 0.943. The number of halogens is 2. The summed E-state index contributed by atoms with van der Waals surface area (Å²) in [4.78, 5) is 18.2. The number of benzene rings is 2. The molecular weight excluding hydrogens is 397 g/mol. The molecule has 4 rings (SSSR count). The van der Waals surface area contributed by atoms with Gasteiger partial charge in [-0.3, -0.25) is 4.79 Å². The van der Waals surface area contributed by atoms with Crippen molar-refractivity contribution in [2.75, 3.05) is 18.1 Å². The molecule has 1 fully saturated rings. The van der Waals surface area contributed by atoms with Crippen LogP contribution in [0.2, 0.25) is 5.02 Å². The summed E-state index contributed by atoms with van der Waals surface area (Å²) in [6.07, 6.45) is 1.10. The second-order valence-corrected chi connectivity index (χ2v) is 7.27. The molecule has 0 spiro atoms. The summed E-state index contributed by atoms with van der Waals surface area (Å²) in [6, 6.07) is 11.5. The standard InChI is InChI=1S/C21H19ClFN3O3/c1-2-9-28-16-6-3-13(4-7-16)20-24-21(29-25-20)14-10-19(27)26(12-14)18-11-15(22)5-8-17(18)23/h3-8,11,14H,2,9-10,12H2,1H3. The number of rotatable bonds is 6. The molecule has 2 heterocycles. The molecule has 1 atom stereocenters. The fourth-order valence-electron chi connectivity index (χ4n) is 3.24. The monoisotopic (exact) mass is 415 g/mol. The van der Waals surface area contributed by atoms with Crippen LogP contribution < -0.4 is 9.64 Å². The first-order chi connectivity index (χ1) is 14.0. The summed E-state index contributed by atoms with van der Waals surface area (Å²) < 4.78 is 25.1. The van der Waals surface area contributed by atoms with Crippen molar-refractivity contribution in [3.8, 4) is 17.1 Å². The van der Waals surface area contributed by atoms with Crippen LogP contribution in [-0.2, 0) is 4.79 Å². The first-order valence-corrected chi connectivity index (χ1v) is 9.75. The first-order valence-electron chi connectivity index (χ1n) is 9.37. The van der Waals surface area contributed by atoms with Crippen LogP contribution in [-0.4, -0.2) is 29.2 Å². The number of carbonyl (C=O) groups excluding carboxylic acids is 1. The lowest BCUT2D eigenvalue weighted by Crippen LogP contribution is -2.25. The second-order valence-electron chi connectivity index (χ2n) is 6.83. The van der Waals surface area contributed by atoms with Crippen LogP contribution in [0.4, 0.5) is 10.1 Å². The molecular formula is C21H19ClFN3O3. The van der Waals surface area contributed by atoms with E-state index in [-0.39, 0.29) is 30.5 Å². The Morgan fingerprint density at radius 1 is 1.28 bits per heavy atom. The zero-order chi connectivity index (χ0) is 20.4. The summed E-state index contributed by atoms with van der Waals surface area (Å²) in [5.74, 6) is 0.536. The fraction of sp³-hybridized carbons (Fsp3) is 0.286. The highest BCUT2D eigenvalue weighted by Gasteiger charge is 2.36. The van der Waals surface area contributed by atoms with Gasteiger partial charge in [0.15, 0.2) is 0 Å². The van der Waals surface area contributed by atoms with Crippen molar-refractivity contribution >= 4 is 23.2 Å². The maximum absolute atomic E-state index is 14.1. The molecule has 0 aliphatic carbocycles. The Bertz CT molecular complexity index is 1020. The van der Waals surface area contributed by atoms with E-state index in [0.717, 1.165) is 17.7 Å². The molecule has 1 saturated heterocycles. The van der Waals surface area contributed by atoms with Gasteiger partial charge in [0.05, 0.1) is 18.2 Å². The molecule has 0 saturated carbocycles. The Labute approximate surface area is 172 Å². The third kappa shape index (κ3) is 4.10. The molecule has 0 bridgehead atoms. The zero-order valence-electron chi connectivity index (χ0n) is 15.8. The molecule has 29 heavy (non-hydrogen) atoms. The molecule has 0 radical (unpaired) electrons. The highest BCUT2D eigenvalue weighted by Crippen LogP contribution is 2.34. The molecule has 1 aromatic heterocycles. The SMILES string of the molecule is CCCOc1ccc(-c2noc(C3CC(=O)N(c4cc(Cl)ccc4F)C3)n2)cc1. The van der Waals surface area contributed by atoms with E-state index in [9.17, 15) is 9.18 Å². The van der Waals surface area contributed by atoms with Gasteiger partial charge in [0, 0.05) is 23.6 Å². The predicted octanol–water partition coefficient (Wildman–Crippen LogP) is 4.84. The van der Waals surface area contributed by atoms with Gasteiger partial charge in [-0.2, -0.15) is 4.98 Å². The summed E-state index contributed by atoms with van der Waals surface area (Å²) >= 11 is 5.95. The van der Waals surface area contributed by atoms with Crippen molar-refractivity contribution in [3.05, 3.63) is 59.2 Å². The van der Waals surface area contributed by atoms with E-state index >= 15 is 0 Å². The lowest BCUT2D eigenvalue weighted by Gasteiger charge is -2.17. The van der Waals surface area contributed by atoms with Gasteiger partial charge >= 0.3 is 0 Å². The van der Waals surface area contributed by atoms with Gasteiger partial charge in [0.25, 0.3) is 0 Å². The van der Waals surface area contributed by atoms with E-state index in [1.165, 1.54) is 23.1 Å². The number of nitrogens with zero attached hydrogens (tertiary/aromatic N) is 3. The third-order valence-electron chi connectivity index (χ3n) is 4.70. The number of carbonyl (C=O) groups is 1. The lowest BCUT2D eigenvalue weighted by molar-refractivity contribution is -0.117. The van der Waals surface area contributed by atoms with Crippen LogP contribution in [0.1, 0.15) is 31.6 Å². The molecule has 1 aliphatic heterocycles. The Kier molecular flexibility index (Phi) is 5.49. The van der Waals surface area contributed by atoms with Crippen molar-refractivity contribution < 1.29 is 18.4 Å². The number of hydrogen-bond donors (Lipinski definition) is 0. The van der Waals surface area contributed by atoms with E-state index in [1.807, 2.05) is 31.2 Å². The van der Waals surface area contributed by atoms with Crippen molar-refractivity contribution in [2.45, 2.75) is 25.7 Å².